The Morgan fingerprint density at radius 3 is 2.55 bits per heavy atom. The van der Waals surface area contributed by atoms with Crippen LogP contribution in [-0.4, -0.2) is 83.9 Å². The average Bonchev–Trinajstić information content (AvgIpc) is 3.40. The van der Waals surface area contributed by atoms with Crippen molar-refractivity contribution in [3.8, 4) is 16.9 Å². The lowest BCUT2D eigenvalue weighted by atomic mass is 10.0. The van der Waals surface area contributed by atoms with Crippen molar-refractivity contribution in [2.45, 2.75) is 19.4 Å². The smallest absolute Gasteiger partial charge is 0.235 e. The minimum absolute atomic E-state index is 0.0456. The van der Waals surface area contributed by atoms with E-state index in [0.29, 0.717) is 38.4 Å². The third-order valence-corrected chi connectivity index (χ3v) is 8.95. The molecule has 0 radical (unpaired) electrons. The first-order chi connectivity index (χ1) is 19.0. The number of aromatic nitrogens is 2. The second kappa shape index (κ2) is 10.8. The predicted octanol–water partition coefficient (Wildman–Crippen LogP) is 3.56. The molecule has 14 heteroatoms. The van der Waals surface area contributed by atoms with Gasteiger partial charge in [-0.3, -0.25) is 4.79 Å². The highest BCUT2D eigenvalue weighted by atomic mass is 35.5. The Kier molecular flexibility index (Phi) is 7.55. The van der Waals surface area contributed by atoms with Crippen LogP contribution in [0.2, 0.25) is 5.02 Å². The van der Waals surface area contributed by atoms with Gasteiger partial charge in [0.1, 0.15) is 22.9 Å². The summed E-state index contributed by atoms with van der Waals surface area (Å²) in [7, 11) is -3.61. The molecule has 212 valence electrons. The number of aromatic hydroxyl groups is 1. The Balaban J connectivity index is 1.61. The fourth-order valence-electron chi connectivity index (χ4n) is 5.07. The maximum absolute atomic E-state index is 16.2. The highest BCUT2D eigenvalue weighted by molar-refractivity contribution is 7.92. The van der Waals surface area contributed by atoms with Gasteiger partial charge in [-0.05, 0) is 24.6 Å². The second-order valence-electron chi connectivity index (χ2n) is 9.64. The number of hydrogen-bond acceptors (Lipinski definition) is 8. The number of amides is 1. The van der Waals surface area contributed by atoms with Crippen LogP contribution in [-0.2, 0) is 14.8 Å². The molecule has 1 amide bonds. The summed E-state index contributed by atoms with van der Waals surface area (Å²) in [5.41, 5.74) is -0.888. The zero-order valence-electron chi connectivity index (χ0n) is 21.6. The molecular formula is C26H27ClF2N6O4S. The minimum Gasteiger partial charge on any atom is -0.507 e. The number of sulfonamides is 1. The van der Waals surface area contributed by atoms with Crippen molar-refractivity contribution in [3.05, 3.63) is 52.9 Å². The molecule has 0 aliphatic carbocycles. The van der Waals surface area contributed by atoms with Gasteiger partial charge in [-0.25, -0.2) is 22.2 Å². The molecule has 3 heterocycles. The van der Waals surface area contributed by atoms with E-state index in [0.717, 1.165) is 11.5 Å². The first kappa shape index (κ1) is 28.0. The van der Waals surface area contributed by atoms with E-state index in [1.165, 1.54) is 29.4 Å². The zero-order valence-corrected chi connectivity index (χ0v) is 23.1. The number of anilines is 2. The van der Waals surface area contributed by atoms with Crippen molar-refractivity contribution >= 4 is 50.2 Å². The molecular weight excluding hydrogens is 566 g/mol. The van der Waals surface area contributed by atoms with Gasteiger partial charge in [0, 0.05) is 68.6 Å². The van der Waals surface area contributed by atoms with Gasteiger partial charge in [0.2, 0.25) is 21.9 Å². The molecule has 2 fully saturated rings. The van der Waals surface area contributed by atoms with Crippen LogP contribution in [0.1, 0.15) is 13.3 Å². The van der Waals surface area contributed by atoms with Crippen LogP contribution in [0.5, 0.6) is 5.75 Å². The largest absolute Gasteiger partial charge is 0.507 e. The summed E-state index contributed by atoms with van der Waals surface area (Å²) >= 11 is 6.48. The van der Waals surface area contributed by atoms with Crippen LogP contribution < -0.4 is 10.2 Å². The molecule has 2 aromatic carbocycles. The Labute approximate surface area is 234 Å². The number of hydrogen-bond donors (Lipinski definition) is 2. The molecule has 10 nitrogen and oxygen atoms in total. The third kappa shape index (κ3) is 5.16. The number of rotatable bonds is 6. The monoisotopic (exact) mass is 592 g/mol. The topological polar surface area (TPSA) is 119 Å². The highest BCUT2D eigenvalue weighted by Crippen LogP contribution is 2.42. The maximum atomic E-state index is 16.2. The summed E-state index contributed by atoms with van der Waals surface area (Å²) in [4.78, 5) is 24.5. The molecule has 2 aliphatic heterocycles. The Morgan fingerprint density at radius 1 is 1.18 bits per heavy atom. The summed E-state index contributed by atoms with van der Waals surface area (Å²) in [6, 6.07) is 4.69. The highest BCUT2D eigenvalue weighted by Gasteiger charge is 2.31. The number of carbonyl (C=O) groups is 1. The van der Waals surface area contributed by atoms with Crippen LogP contribution in [0.25, 0.3) is 22.0 Å². The molecule has 1 aromatic heterocycles. The molecule has 3 aromatic rings. The van der Waals surface area contributed by atoms with E-state index in [4.69, 9.17) is 11.6 Å². The van der Waals surface area contributed by atoms with Crippen LogP contribution in [0.3, 0.4) is 0 Å². The van der Waals surface area contributed by atoms with Crippen molar-refractivity contribution < 1.29 is 27.1 Å². The van der Waals surface area contributed by atoms with E-state index >= 15 is 4.39 Å². The number of nitrogens with one attached hydrogen (secondary N) is 1. The third-order valence-electron chi connectivity index (χ3n) is 7.18. The Bertz CT molecular complexity index is 1590. The number of nitrogens with zero attached hydrogens (tertiary/aromatic N) is 5. The fourth-order valence-corrected chi connectivity index (χ4v) is 6.32. The molecule has 0 spiro atoms. The quantitative estimate of drug-likeness (QED) is 0.446. The van der Waals surface area contributed by atoms with Gasteiger partial charge in [-0.15, -0.1) is 0 Å². The van der Waals surface area contributed by atoms with Crippen LogP contribution in [0, 0.1) is 11.6 Å². The number of phenols is 1. The number of benzene rings is 2. The normalized spacial score (nSPS) is 18.4. The molecule has 5 rings (SSSR count). The Hall–Kier alpha value is -3.55. The predicted molar refractivity (Wildman–Crippen MR) is 149 cm³/mol. The van der Waals surface area contributed by atoms with Gasteiger partial charge in [0.25, 0.3) is 0 Å². The van der Waals surface area contributed by atoms with Crippen molar-refractivity contribution in [2.24, 2.45) is 0 Å². The van der Waals surface area contributed by atoms with E-state index in [9.17, 15) is 22.7 Å². The SMILES string of the molecule is C=CS(=O)(=O)N1CCC(Nc2nc(N3CCN(C(C)=O)CC3)c3cc(Cl)c(-c4c(O)cccc4F)c(F)c3n2)C1. The van der Waals surface area contributed by atoms with Crippen LogP contribution in [0.4, 0.5) is 20.5 Å². The van der Waals surface area contributed by atoms with Crippen molar-refractivity contribution in [2.75, 3.05) is 49.5 Å². The summed E-state index contributed by atoms with van der Waals surface area (Å²) in [5.74, 6) is -1.94. The molecule has 2 saturated heterocycles. The summed E-state index contributed by atoms with van der Waals surface area (Å²) in [6.45, 7) is 6.93. The van der Waals surface area contributed by atoms with Gasteiger partial charge >= 0.3 is 0 Å². The first-order valence-corrected chi connectivity index (χ1v) is 14.5. The second-order valence-corrected chi connectivity index (χ2v) is 11.9. The van der Waals surface area contributed by atoms with E-state index < -0.39 is 33.0 Å². The van der Waals surface area contributed by atoms with Gasteiger partial charge in [-0.2, -0.15) is 9.29 Å². The van der Waals surface area contributed by atoms with Crippen molar-refractivity contribution in [3.63, 3.8) is 0 Å². The molecule has 0 saturated carbocycles. The lowest BCUT2D eigenvalue weighted by Crippen LogP contribution is -2.48. The molecule has 1 unspecified atom stereocenters. The molecule has 1 atom stereocenters. The summed E-state index contributed by atoms with van der Waals surface area (Å²) in [5, 5.41) is 14.5. The van der Waals surface area contributed by atoms with E-state index in [2.05, 4.69) is 21.9 Å². The minimum atomic E-state index is -3.61. The average molecular weight is 593 g/mol. The lowest BCUT2D eigenvalue weighted by Gasteiger charge is -2.35. The fraction of sp³-hybridized carbons (Fsp3) is 0.346. The standard InChI is InChI=1S/C26H27ClF2N6O4S/c1-3-40(38,39)35-8-7-16(14-35)30-26-31-24-17(25(32-26)34-11-9-33(10-12-34)15(2)36)13-18(27)21(23(24)29)22-19(28)5-4-6-20(22)37/h3-6,13,16,37H,1,7-12,14H2,2H3,(H,30,31,32). The maximum Gasteiger partial charge on any atom is 0.235 e. The zero-order chi connectivity index (χ0) is 28.8. The molecule has 0 bridgehead atoms. The number of piperazine rings is 1. The number of carbonyl (C=O) groups excluding carboxylic acids is 1. The van der Waals surface area contributed by atoms with Gasteiger partial charge in [0.15, 0.2) is 5.82 Å². The number of phenolic OH excluding ortho intramolecular Hbond substituents is 1. The molecule has 2 N–H and O–H groups in total. The van der Waals surface area contributed by atoms with Crippen molar-refractivity contribution in [1.82, 2.24) is 19.2 Å². The van der Waals surface area contributed by atoms with Gasteiger partial charge < -0.3 is 20.2 Å². The molecule has 2 aliphatic rings. The lowest BCUT2D eigenvalue weighted by molar-refractivity contribution is -0.129. The van der Waals surface area contributed by atoms with Crippen LogP contribution >= 0.6 is 11.6 Å². The number of halogens is 3. The van der Waals surface area contributed by atoms with E-state index in [1.54, 1.807) is 4.90 Å². The van der Waals surface area contributed by atoms with Gasteiger partial charge in [-0.1, -0.05) is 24.2 Å². The summed E-state index contributed by atoms with van der Waals surface area (Å²) in [6.07, 6.45) is 0.457. The first-order valence-electron chi connectivity index (χ1n) is 12.6. The number of fused-ring (bicyclic) bond motifs is 1. The summed E-state index contributed by atoms with van der Waals surface area (Å²) < 4.78 is 56.7. The van der Waals surface area contributed by atoms with Crippen LogP contribution in [0.15, 0.2) is 36.3 Å². The van der Waals surface area contributed by atoms with Gasteiger partial charge in [0.05, 0.1) is 10.6 Å². The van der Waals surface area contributed by atoms with Crippen molar-refractivity contribution in [1.29, 1.82) is 0 Å². The van der Waals surface area contributed by atoms with E-state index in [-0.39, 0.29) is 52.5 Å². The molecule has 40 heavy (non-hydrogen) atoms. The van der Waals surface area contributed by atoms with E-state index in [1.807, 2.05) is 4.90 Å². The Morgan fingerprint density at radius 2 is 1.90 bits per heavy atom.